The van der Waals surface area contributed by atoms with Crippen LogP contribution >= 0.6 is 11.8 Å². The number of nitrogens with zero attached hydrogens (tertiary/aromatic N) is 1. The van der Waals surface area contributed by atoms with Crippen LogP contribution in [0.4, 0.5) is 8.78 Å². The first-order valence-electron chi connectivity index (χ1n) is 2.98. The predicted octanol–water partition coefficient (Wildman–Crippen LogP) is 0.934. The summed E-state index contributed by atoms with van der Waals surface area (Å²) < 4.78 is 25.8. The lowest BCUT2D eigenvalue weighted by Gasteiger charge is -2.17. The summed E-state index contributed by atoms with van der Waals surface area (Å²) in [6, 6.07) is -1.87. The van der Waals surface area contributed by atoms with Crippen molar-refractivity contribution in [1.29, 1.82) is 0 Å². The van der Waals surface area contributed by atoms with Gasteiger partial charge in [-0.2, -0.15) is 4.42 Å². The van der Waals surface area contributed by atoms with Crippen LogP contribution in [-0.2, 0) is 4.79 Å². The third-order valence-corrected chi connectivity index (χ3v) is 1.94. The number of aliphatic carboxylic acids is 1. The second kappa shape index (κ2) is 2.57. The van der Waals surface area contributed by atoms with Crippen LogP contribution in [-0.4, -0.2) is 34.0 Å². The third-order valence-electron chi connectivity index (χ3n) is 1.57. The van der Waals surface area contributed by atoms with Gasteiger partial charge < -0.3 is 5.11 Å². The lowest BCUT2D eigenvalue weighted by Crippen LogP contribution is -2.41. The normalized spacial score (nSPS) is 30.6. The molecule has 6 heteroatoms. The van der Waals surface area contributed by atoms with Gasteiger partial charge in [0, 0.05) is 13.0 Å². The molecule has 0 radical (unpaired) electrons. The minimum atomic E-state index is -3.20. The van der Waals surface area contributed by atoms with E-state index in [9.17, 15) is 13.6 Å². The number of rotatable bonds is 1. The van der Waals surface area contributed by atoms with Crippen molar-refractivity contribution in [3.63, 3.8) is 0 Å². The van der Waals surface area contributed by atoms with Crippen molar-refractivity contribution >= 4 is 17.7 Å². The highest BCUT2D eigenvalue weighted by atomic mass is 35.5. The highest BCUT2D eigenvalue weighted by Crippen LogP contribution is 2.34. The smallest absolute Gasteiger partial charge is 0.328 e. The van der Waals surface area contributed by atoms with E-state index in [0.717, 1.165) is 0 Å². The maximum Gasteiger partial charge on any atom is 0.328 e. The molecule has 1 aliphatic rings. The first kappa shape index (κ1) is 8.67. The number of carboxylic acids is 1. The summed E-state index contributed by atoms with van der Waals surface area (Å²) in [6.07, 6.45) is -0.493. The van der Waals surface area contributed by atoms with E-state index in [0.29, 0.717) is 4.42 Å². The van der Waals surface area contributed by atoms with Crippen molar-refractivity contribution in [3.8, 4) is 0 Å². The Kier molecular flexibility index (Phi) is 2.02. The van der Waals surface area contributed by atoms with E-state index in [-0.39, 0.29) is 6.54 Å². The molecule has 0 spiro atoms. The molecule has 0 saturated carbocycles. The highest BCUT2D eigenvalue weighted by molar-refractivity contribution is 6.15. The lowest BCUT2D eigenvalue weighted by atomic mass is 10.2. The van der Waals surface area contributed by atoms with Crippen LogP contribution in [0.2, 0.25) is 0 Å². The van der Waals surface area contributed by atoms with Crippen LogP contribution in [0.5, 0.6) is 0 Å². The Morgan fingerprint density at radius 3 is 2.45 bits per heavy atom. The monoisotopic (exact) mass is 185 g/mol. The van der Waals surface area contributed by atoms with Crippen LogP contribution < -0.4 is 0 Å². The first-order chi connectivity index (χ1) is 4.95. The van der Waals surface area contributed by atoms with Crippen molar-refractivity contribution < 1.29 is 18.7 Å². The van der Waals surface area contributed by atoms with E-state index < -0.39 is 24.4 Å². The summed E-state index contributed by atoms with van der Waals surface area (Å²) in [5.74, 6) is -4.78. The fourth-order valence-electron chi connectivity index (χ4n) is 1.03. The zero-order valence-electron chi connectivity index (χ0n) is 5.43. The van der Waals surface area contributed by atoms with Gasteiger partial charge in [0.1, 0.15) is 0 Å². The Morgan fingerprint density at radius 2 is 2.27 bits per heavy atom. The maximum absolute atomic E-state index is 12.6. The molecular formula is C5H6ClF2NO2. The molecule has 11 heavy (non-hydrogen) atoms. The number of hydrogen-bond acceptors (Lipinski definition) is 2. The maximum atomic E-state index is 12.6. The van der Waals surface area contributed by atoms with E-state index in [1.54, 1.807) is 0 Å². The van der Waals surface area contributed by atoms with Gasteiger partial charge >= 0.3 is 5.97 Å². The fraction of sp³-hybridized carbons (Fsp3) is 0.800. The molecule has 64 valence electrons. The van der Waals surface area contributed by atoms with E-state index in [4.69, 9.17) is 16.9 Å². The zero-order chi connectivity index (χ0) is 8.65. The molecular weight excluding hydrogens is 180 g/mol. The number of alkyl halides is 2. The van der Waals surface area contributed by atoms with Crippen LogP contribution in [0.3, 0.4) is 0 Å². The van der Waals surface area contributed by atoms with Crippen LogP contribution in [0, 0.1) is 0 Å². The summed E-state index contributed by atoms with van der Waals surface area (Å²) in [5, 5.41) is 8.31. The van der Waals surface area contributed by atoms with Gasteiger partial charge in [-0.3, -0.25) is 4.79 Å². The van der Waals surface area contributed by atoms with E-state index in [1.807, 2.05) is 0 Å². The molecule has 3 nitrogen and oxygen atoms in total. The Labute approximate surface area is 66.7 Å². The van der Waals surface area contributed by atoms with Crippen molar-refractivity contribution in [2.24, 2.45) is 0 Å². The molecule has 1 heterocycles. The summed E-state index contributed by atoms with van der Waals surface area (Å²) in [7, 11) is 0. The number of carboxylic acid groups (broad SMARTS) is 1. The second-order valence-corrected chi connectivity index (χ2v) is 2.81. The molecule has 1 unspecified atom stereocenters. The SMILES string of the molecule is O=C(O)C1N(Cl)CCC1(F)F. The summed E-state index contributed by atoms with van der Waals surface area (Å²) in [4.78, 5) is 10.2. The van der Waals surface area contributed by atoms with Gasteiger partial charge in [-0.05, 0) is 11.8 Å². The van der Waals surface area contributed by atoms with Gasteiger partial charge in [-0.1, -0.05) is 0 Å². The van der Waals surface area contributed by atoms with Crippen LogP contribution in [0.1, 0.15) is 6.42 Å². The molecule has 1 rings (SSSR count). The van der Waals surface area contributed by atoms with Crippen molar-refractivity contribution in [2.45, 2.75) is 18.4 Å². The Morgan fingerprint density at radius 1 is 1.73 bits per heavy atom. The van der Waals surface area contributed by atoms with Crippen molar-refractivity contribution in [1.82, 2.24) is 4.42 Å². The van der Waals surface area contributed by atoms with E-state index in [1.165, 1.54) is 0 Å². The molecule has 1 saturated heterocycles. The summed E-state index contributed by atoms with van der Waals surface area (Å²) >= 11 is 5.23. The highest BCUT2D eigenvalue weighted by Gasteiger charge is 2.53. The van der Waals surface area contributed by atoms with Crippen LogP contribution in [0.25, 0.3) is 0 Å². The average molecular weight is 186 g/mol. The van der Waals surface area contributed by atoms with E-state index >= 15 is 0 Å². The standard InChI is InChI=1S/C5H6ClF2NO2/c6-9-2-1-5(7,8)3(9)4(10)11/h3H,1-2H2,(H,10,11). The number of hydrogen-bond donors (Lipinski definition) is 1. The Bertz CT molecular complexity index is 187. The zero-order valence-corrected chi connectivity index (χ0v) is 6.18. The lowest BCUT2D eigenvalue weighted by molar-refractivity contribution is -0.150. The van der Waals surface area contributed by atoms with Gasteiger partial charge in [0.05, 0.1) is 0 Å². The molecule has 0 aliphatic carbocycles. The molecule has 0 aromatic heterocycles. The Balaban J connectivity index is 2.80. The van der Waals surface area contributed by atoms with Crippen molar-refractivity contribution in [3.05, 3.63) is 0 Å². The number of halogens is 3. The Hall–Kier alpha value is -0.420. The summed E-state index contributed by atoms with van der Waals surface area (Å²) in [5.41, 5.74) is 0. The van der Waals surface area contributed by atoms with Gasteiger partial charge in [0.2, 0.25) is 0 Å². The van der Waals surface area contributed by atoms with Gasteiger partial charge in [0.15, 0.2) is 6.04 Å². The minimum Gasteiger partial charge on any atom is -0.480 e. The quantitative estimate of drug-likeness (QED) is 0.618. The molecule has 1 atom stereocenters. The topological polar surface area (TPSA) is 40.5 Å². The molecule has 0 bridgehead atoms. The van der Waals surface area contributed by atoms with Crippen molar-refractivity contribution in [2.75, 3.05) is 6.54 Å². The molecule has 1 aliphatic heterocycles. The van der Waals surface area contributed by atoms with Gasteiger partial charge in [0.25, 0.3) is 5.92 Å². The number of carbonyl (C=O) groups is 1. The predicted molar refractivity (Wildman–Crippen MR) is 33.5 cm³/mol. The molecule has 0 aromatic carbocycles. The summed E-state index contributed by atoms with van der Waals surface area (Å²) in [6.45, 7) is -0.0917. The van der Waals surface area contributed by atoms with Gasteiger partial charge in [-0.15, -0.1) is 0 Å². The van der Waals surface area contributed by atoms with E-state index in [2.05, 4.69) is 0 Å². The minimum absolute atomic E-state index is 0.0917. The van der Waals surface area contributed by atoms with Crippen LogP contribution in [0.15, 0.2) is 0 Å². The largest absolute Gasteiger partial charge is 0.480 e. The second-order valence-electron chi connectivity index (χ2n) is 2.38. The molecule has 0 amide bonds. The molecule has 1 fully saturated rings. The van der Waals surface area contributed by atoms with Gasteiger partial charge in [-0.25, -0.2) is 8.78 Å². The fourth-order valence-corrected chi connectivity index (χ4v) is 1.34. The first-order valence-corrected chi connectivity index (χ1v) is 3.32. The third kappa shape index (κ3) is 1.44. The molecule has 1 N–H and O–H groups in total. The average Bonchev–Trinajstić information content (AvgIpc) is 2.06. The molecule has 0 aromatic rings.